The van der Waals surface area contributed by atoms with Gasteiger partial charge in [-0.1, -0.05) is 24.3 Å². The minimum absolute atomic E-state index is 0.184. The molecular formula is C20H26N4O2. The molecule has 0 bridgehead atoms. The number of carbonyl (C=O) groups excluding carboxylic acids is 1. The lowest BCUT2D eigenvalue weighted by molar-refractivity contribution is 0.0947. The smallest absolute Gasteiger partial charge is 0.257 e. The second-order valence-electron chi connectivity index (χ2n) is 6.64. The molecule has 0 spiro atoms. The number of likely N-dealkylation sites (N-methyl/N-ethyl adjacent to an activating group) is 1. The molecule has 3 rings (SSSR count). The van der Waals surface area contributed by atoms with E-state index in [1.54, 1.807) is 18.3 Å². The van der Waals surface area contributed by atoms with E-state index in [2.05, 4.69) is 51.4 Å². The molecule has 0 aliphatic carbocycles. The van der Waals surface area contributed by atoms with E-state index in [1.165, 1.54) is 12.7 Å². The van der Waals surface area contributed by atoms with Gasteiger partial charge in [0.05, 0.1) is 7.11 Å². The molecule has 2 aromatic rings. The van der Waals surface area contributed by atoms with Gasteiger partial charge in [0.1, 0.15) is 5.56 Å². The molecule has 26 heavy (non-hydrogen) atoms. The minimum atomic E-state index is -0.184. The third-order valence-electron chi connectivity index (χ3n) is 4.69. The molecule has 0 radical (unpaired) electrons. The highest BCUT2D eigenvalue weighted by Crippen LogP contribution is 2.14. The van der Waals surface area contributed by atoms with Crippen LogP contribution in [0.3, 0.4) is 0 Å². The summed E-state index contributed by atoms with van der Waals surface area (Å²) < 4.78 is 5.13. The number of hydrogen-bond acceptors (Lipinski definition) is 5. The average Bonchev–Trinajstić information content (AvgIpc) is 2.69. The second-order valence-corrected chi connectivity index (χ2v) is 6.64. The summed E-state index contributed by atoms with van der Waals surface area (Å²) in [7, 11) is 3.68. The van der Waals surface area contributed by atoms with Crippen LogP contribution in [0, 0.1) is 0 Å². The molecule has 0 atom stereocenters. The Bertz CT molecular complexity index is 725. The number of nitrogens with one attached hydrogen (secondary N) is 1. The van der Waals surface area contributed by atoms with Gasteiger partial charge in [-0.05, 0) is 30.3 Å². The van der Waals surface area contributed by atoms with E-state index in [1.807, 2.05) is 0 Å². The Labute approximate surface area is 154 Å². The molecule has 1 aromatic carbocycles. The molecule has 138 valence electrons. The Morgan fingerprint density at radius 3 is 2.50 bits per heavy atom. The quantitative estimate of drug-likeness (QED) is 0.857. The van der Waals surface area contributed by atoms with Gasteiger partial charge in [0.15, 0.2) is 0 Å². The highest BCUT2D eigenvalue weighted by molar-refractivity contribution is 5.96. The van der Waals surface area contributed by atoms with Crippen LogP contribution in [0.4, 0.5) is 0 Å². The zero-order valence-corrected chi connectivity index (χ0v) is 15.4. The molecule has 0 saturated carbocycles. The number of piperazine rings is 1. The van der Waals surface area contributed by atoms with Crippen molar-refractivity contribution < 1.29 is 9.53 Å². The number of ether oxygens (including phenoxy) is 1. The summed E-state index contributed by atoms with van der Waals surface area (Å²) in [6.07, 6.45) is 1.61. The van der Waals surface area contributed by atoms with Crippen molar-refractivity contribution in [2.75, 3.05) is 40.3 Å². The number of amides is 1. The van der Waals surface area contributed by atoms with Gasteiger partial charge in [0.25, 0.3) is 5.91 Å². The molecule has 1 N–H and O–H groups in total. The third-order valence-corrected chi connectivity index (χ3v) is 4.69. The predicted octanol–water partition coefficient (Wildman–Crippen LogP) is 1.77. The van der Waals surface area contributed by atoms with E-state index in [-0.39, 0.29) is 5.91 Å². The van der Waals surface area contributed by atoms with E-state index in [0.717, 1.165) is 38.3 Å². The highest BCUT2D eigenvalue weighted by atomic mass is 16.5. The summed E-state index contributed by atoms with van der Waals surface area (Å²) in [4.78, 5) is 21.2. The first-order valence-electron chi connectivity index (χ1n) is 8.91. The van der Waals surface area contributed by atoms with Gasteiger partial charge in [-0.3, -0.25) is 9.69 Å². The van der Waals surface area contributed by atoms with Gasteiger partial charge < -0.3 is 15.0 Å². The molecule has 1 saturated heterocycles. The lowest BCUT2D eigenvalue weighted by Crippen LogP contribution is -2.43. The van der Waals surface area contributed by atoms with Gasteiger partial charge in [-0.2, -0.15) is 0 Å². The molecule has 0 unspecified atom stereocenters. The first-order chi connectivity index (χ1) is 12.7. The van der Waals surface area contributed by atoms with E-state index < -0.39 is 0 Å². The van der Waals surface area contributed by atoms with Crippen LogP contribution < -0.4 is 10.1 Å². The van der Waals surface area contributed by atoms with Crippen molar-refractivity contribution in [2.24, 2.45) is 0 Å². The zero-order chi connectivity index (χ0) is 18.4. The van der Waals surface area contributed by atoms with Crippen molar-refractivity contribution in [3.8, 4) is 5.88 Å². The fourth-order valence-electron chi connectivity index (χ4n) is 3.03. The minimum Gasteiger partial charge on any atom is -0.480 e. The standard InChI is InChI=1S/C20H26N4O2/c1-23-10-12-24(13-11-23)15-17-7-5-16(6-8-17)14-22-19(25)18-4-3-9-21-20(18)26-2/h3-9H,10-15H2,1-2H3,(H,22,25). The second kappa shape index (κ2) is 8.78. The Morgan fingerprint density at radius 2 is 1.81 bits per heavy atom. The van der Waals surface area contributed by atoms with E-state index in [4.69, 9.17) is 4.74 Å². The number of hydrogen-bond donors (Lipinski definition) is 1. The van der Waals surface area contributed by atoms with Crippen molar-refractivity contribution in [3.05, 3.63) is 59.3 Å². The van der Waals surface area contributed by atoms with Gasteiger partial charge >= 0.3 is 0 Å². The third kappa shape index (κ3) is 4.80. The van der Waals surface area contributed by atoms with Crippen LogP contribution in [0.2, 0.25) is 0 Å². The molecule has 6 nitrogen and oxygen atoms in total. The van der Waals surface area contributed by atoms with Crippen LogP contribution in [-0.4, -0.2) is 61.0 Å². The number of pyridine rings is 1. The topological polar surface area (TPSA) is 57.7 Å². The summed E-state index contributed by atoms with van der Waals surface area (Å²) in [5.41, 5.74) is 2.82. The molecular weight excluding hydrogens is 328 g/mol. The predicted molar refractivity (Wildman–Crippen MR) is 101 cm³/mol. The van der Waals surface area contributed by atoms with Crippen molar-refractivity contribution in [1.82, 2.24) is 20.1 Å². The lowest BCUT2D eigenvalue weighted by Gasteiger charge is -2.32. The maximum atomic E-state index is 12.3. The van der Waals surface area contributed by atoms with Gasteiger partial charge in [0.2, 0.25) is 5.88 Å². The Hall–Kier alpha value is -2.44. The number of aromatic nitrogens is 1. The van der Waals surface area contributed by atoms with Crippen LogP contribution in [0.5, 0.6) is 5.88 Å². The van der Waals surface area contributed by atoms with E-state index in [9.17, 15) is 4.79 Å². The molecule has 6 heteroatoms. The van der Waals surface area contributed by atoms with Crippen LogP contribution >= 0.6 is 0 Å². The monoisotopic (exact) mass is 354 g/mol. The summed E-state index contributed by atoms with van der Waals surface area (Å²) in [5.74, 6) is 0.156. The largest absolute Gasteiger partial charge is 0.480 e. The Morgan fingerprint density at radius 1 is 1.12 bits per heavy atom. The van der Waals surface area contributed by atoms with Gasteiger partial charge in [0, 0.05) is 45.5 Å². The Kier molecular flexibility index (Phi) is 6.20. The van der Waals surface area contributed by atoms with Crippen LogP contribution in [0.25, 0.3) is 0 Å². The molecule has 1 amide bonds. The molecule has 1 aliphatic rings. The van der Waals surface area contributed by atoms with Crippen molar-refractivity contribution >= 4 is 5.91 Å². The van der Waals surface area contributed by atoms with E-state index in [0.29, 0.717) is 18.0 Å². The summed E-state index contributed by atoms with van der Waals surface area (Å²) >= 11 is 0. The number of benzene rings is 1. The van der Waals surface area contributed by atoms with Crippen LogP contribution in [0.15, 0.2) is 42.6 Å². The van der Waals surface area contributed by atoms with Crippen molar-refractivity contribution in [3.63, 3.8) is 0 Å². The first-order valence-corrected chi connectivity index (χ1v) is 8.91. The Balaban J connectivity index is 1.52. The van der Waals surface area contributed by atoms with Crippen LogP contribution in [0.1, 0.15) is 21.5 Å². The highest BCUT2D eigenvalue weighted by Gasteiger charge is 2.14. The molecule has 1 aromatic heterocycles. The number of nitrogens with zero attached hydrogens (tertiary/aromatic N) is 3. The molecule has 1 aliphatic heterocycles. The fraction of sp³-hybridized carbons (Fsp3) is 0.400. The lowest BCUT2D eigenvalue weighted by atomic mass is 10.1. The normalized spacial score (nSPS) is 15.6. The first kappa shape index (κ1) is 18.4. The number of methoxy groups -OCH3 is 1. The van der Waals surface area contributed by atoms with Crippen LogP contribution in [-0.2, 0) is 13.1 Å². The number of carbonyl (C=O) groups is 1. The summed E-state index contributed by atoms with van der Waals surface area (Å²) in [6, 6.07) is 11.9. The maximum absolute atomic E-state index is 12.3. The van der Waals surface area contributed by atoms with Gasteiger partial charge in [-0.25, -0.2) is 4.98 Å². The fourth-order valence-corrected chi connectivity index (χ4v) is 3.03. The average molecular weight is 354 g/mol. The molecule has 2 heterocycles. The maximum Gasteiger partial charge on any atom is 0.257 e. The SMILES string of the molecule is COc1ncccc1C(=O)NCc1ccc(CN2CCN(C)CC2)cc1. The molecule has 1 fully saturated rings. The van der Waals surface area contributed by atoms with Crippen molar-refractivity contribution in [1.29, 1.82) is 0 Å². The number of rotatable bonds is 6. The van der Waals surface area contributed by atoms with Crippen molar-refractivity contribution in [2.45, 2.75) is 13.1 Å². The van der Waals surface area contributed by atoms with E-state index >= 15 is 0 Å². The zero-order valence-electron chi connectivity index (χ0n) is 15.4. The summed E-state index contributed by atoms with van der Waals surface area (Å²) in [6.45, 7) is 5.94. The summed E-state index contributed by atoms with van der Waals surface area (Å²) in [5, 5.41) is 2.92. The van der Waals surface area contributed by atoms with Gasteiger partial charge in [-0.15, -0.1) is 0 Å².